The lowest BCUT2D eigenvalue weighted by atomic mass is 10.3. The third-order valence-electron chi connectivity index (χ3n) is 3.81. The number of hydrogen-bond donors (Lipinski definition) is 1. The van der Waals surface area contributed by atoms with E-state index in [2.05, 4.69) is 28.7 Å². The van der Waals surface area contributed by atoms with Crippen molar-refractivity contribution in [1.29, 1.82) is 0 Å². The quantitative estimate of drug-likeness (QED) is 0.716. The molecule has 0 atom stereocenters. The predicted molar refractivity (Wildman–Crippen MR) is 91.1 cm³/mol. The van der Waals surface area contributed by atoms with Gasteiger partial charge in [0.05, 0.1) is 5.39 Å². The van der Waals surface area contributed by atoms with Gasteiger partial charge >= 0.3 is 0 Å². The van der Waals surface area contributed by atoms with Gasteiger partial charge in [0.2, 0.25) is 0 Å². The van der Waals surface area contributed by atoms with Crippen molar-refractivity contribution < 1.29 is 13.2 Å². The average molecular weight is 352 g/mol. The van der Waals surface area contributed by atoms with Gasteiger partial charge in [-0.25, -0.2) is 18.7 Å². The molecule has 0 radical (unpaired) electrons. The Bertz CT molecular complexity index is 842. The van der Waals surface area contributed by atoms with Crippen LogP contribution in [0.2, 0.25) is 0 Å². The first-order valence-corrected chi connectivity index (χ1v) is 8.50. The first kappa shape index (κ1) is 16.8. The monoisotopic (exact) mass is 352 g/mol. The maximum Gasteiger partial charge on any atom is 0.295 e. The fourth-order valence-corrected chi connectivity index (χ4v) is 3.52. The smallest absolute Gasteiger partial charge is 0.295 e. The van der Waals surface area contributed by atoms with E-state index in [0.29, 0.717) is 5.82 Å². The Morgan fingerprint density at radius 2 is 2.00 bits per heavy atom. The first-order valence-electron chi connectivity index (χ1n) is 7.68. The molecule has 3 heterocycles. The minimum Gasteiger partial charge on any atom is -0.452 e. The van der Waals surface area contributed by atoms with Gasteiger partial charge in [-0.1, -0.05) is 13.8 Å². The molecular formula is C16H18F2N4OS. The number of thiophene rings is 1. The summed E-state index contributed by atoms with van der Waals surface area (Å²) in [6, 6.07) is 4.65. The van der Waals surface area contributed by atoms with Crippen LogP contribution in [0.5, 0.6) is 0 Å². The van der Waals surface area contributed by atoms with Crippen LogP contribution in [0, 0.1) is 0 Å². The van der Waals surface area contributed by atoms with Crippen molar-refractivity contribution in [1.82, 2.24) is 14.9 Å². The molecule has 0 unspecified atom stereocenters. The molecule has 0 aromatic carbocycles. The van der Waals surface area contributed by atoms with Crippen LogP contribution in [-0.2, 0) is 6.54 Å². The van der Waals surface area contributed by atoms with Gasteiger partial charge in [-0.15, -0.1) is 11.3 Å². The second-order valence-corrected chi connectivity index (χ2v) is 6.44. The molecule has 0 spiro atoms. The van der Waals surface area contributed by atoms with E-state index in [1.165, 1.54) is 23.5 Å². The van der Waals surface area contributed by atoms with Gasteiger partial charge < -0.3 is 10.2 Å². The summed E-state index contributed by atoms with van der Waals surface area (Å²) < 4.78 is 30.4. The van der Waals surface area contributed by atoms with E-state index < -0.39 is 12.2 Å². The van der Waals surface area contributed by atoms with E-state index in [4.69, 9.17) is 10.2 Å². The minimum atomic E-state index is -2.66. The van der Waals surface area contributed by atoms with E-state index in [9.17, 15) is 8.78 Å². The number of rotatable bonds is 6. The van der Waals surface area contributed by atoms with Gasteiger partial charge in [-0.05, 0) is 31.3 Å². The fourth-order valence-electron chi connectivity index (χ4n) is 2.44. The van der Waals surface area contributed by atoms with Gasteiger partial charge in [0, 0.05) is 11.4 Å². The third kappa shape index (κ3) is 3.25. The molecule has 3 rings (SSSR count). The zero-order valence-electron chi connectivity index (χ0n) is 13.4. The SMILES string of the molecule is CCN(CC)Cc1cc2c(N)nc(-c3ccc(C(F)F)o3)nc2s1. The lowest BCUT2D eigenvalue weighted by molar-refractivity contribution is 0.122. The molecule has 0 aliphatic carbocycles. The molecule has 3 aromatic rings. The van der Waals surface area contributed by atoms with Crippen molar-refractivity contribution in [2.45, 2.75) is 26.8 Å². The first-order chi connectivity index (χ1) is 11.5. The molecule has 0 bridgehead atoms. The van der Waals surface area contributed by atoms with Crippen molar-refractivity contribution in [2.75, 3.05) is 18.8 Å². The summed E-state index contributed by atoms with van der Waals surface area (Å²) in [4.78, 5) is 12.8. The zero-order chi connectivity index (χ0) is 17.3. The molecule has 0 amide bonds. The maximum absolute atomic E-state index is 12.7. The highest BCUT2D eigenvalue weighted by Crippen LogP contribution is 2.32. The second kappa shape index (κ2) is 6.82. The van der Waals surface area contributed by atoms with Crippen molar-refractivity contribution >= 4 is 27.4 Å². The minimum absolute atomic E-state index is 0.192. The molecule has 0 fully saturated rings. The Hall–Kier alpha value is -2.06. The van der Waals surface area contributed by atoms with Crippen LogP contribution in [0.1, 0.15) is 30.9 Å². The number of nitrogen functional groups attached to an aromatic ring is 1. The number of anilines is 1. The lowest BCUT2D eigenvalue weighted by Crippen LogP contribution is -2.21. The molecule has 0 saturated heterocycles. The molecule has 128 valence electrons. The number of fused-ring (bicyclic) bond motifs is 1. The summed E-state index contributed by atoms with van der Waals surface area (Å²) >= 11 is 1.53. The highest BCUT2D eigenvalue weighted by molar-refractivity contribution is 7.18. The zero-order valence-corrected chi connectivity index (χ0v) is 14.2. The van der Waals surface area contributed by atoms with Gasteiger partial charge in [-0.2, -0.15) is 0 Å². The molecule has 0 aliphatic heterocycles. The second-order valence-electron chi connectivity index (χ2n) is 5.33. The highest BCUT2D eigenvalue weighted by atomic mass is 32.1. The van der Waals surface area contributed by atoms with Crippen LogP contribution in [0.3, 0.4) is 0 Å². The molecule has 3 aromatic heterocycles. The predicted octanol–water partition coefficient (Wildman–Crippen LogP) is 4.31. The standard InChI is InChI=1S/C16H18F2N4OS/c1-3-22(4-2)8-9-7-10-14(19)20-15(21-16(10)24-9)12-6-5-11(23-12)13(17)18/h5-7,13H,3-4,8H2,1-2H3,(H2,19,20,21). The van der Waals surface area contributed by atoms with Gasteiger partial charge in [0.15, 0.2) is 17.3 Å². The topological polar surface area (TPSA) is 68.2 Å². The van der Waals surface area contributed by atoms with Gasteiger partial charge in [-0.3, -0.25) is 4.90 Å². The summed E-state index contributed by atoms with van der Waals surface area (Å²) in [7, 11) is 0. The Balaban J connectivity index is 1.96. The number of aromatic nitrogens is 2. The van der Waals surface area contributed by atoms with Crippen LogP contribution in [0.25, 0.3) is 21.8 Å². The molecule has 0 saturated carbocycles. The lowest BCUT2D eigenvalue weighted by Gasteiger charge is -2.16. The van der Waals surface area contributed by atoms with E-state index in [1.54, 1.807) is 0 Å². The summed E-state index contributed by atoms with van der Waals surface area (Å²) in [5.41, 5.74) is 6.02. The fraction of sp³-hybridized carbons (Fsp3) is 0.375. The molecule has 0 aliphatic rings. The Morgan fingerprint density at radius 1 is 1.25 bits per heavy atom. The van der Waals surface area contributed by atoms with Crippen molar-refractivity contribution in [3.63, 3.8) is 0 Å². The third-order valence-corrected chi connectivity index (χ3v) is 4.82. The van der Waals surface area contributed by atoms with Crippen LogP contribution in [0.4, 0.5) is 14.6 Å². The summed E-state index contributed by atoms with van der Waals surface area (Å²) in [5, 5.41) is 0.784. The summed E-state index contributed by atoms with van der Waals surface area (Å²) in [6.07, 6.45) is -2.66. The van der Waals surface area contributed by atoms with E-state index in [0.717, 1.165) is 34.7 Å². The number of halogens is 2. The van der Waals surface area contributed by atoms with E-state index >= 15 is 0 Å². The number of furan rings is 1. The van der Waals surface area contributed by atoms with Crippen molar-refractivity contribution in [3.05, 3.63) is 28.8 Å². The maximum atomic E-state index is 12.7. The number of hydrogen-bond acceptors (Lipinski definition) is 6. The number of nitrogens with zero attached hydrogens (tertiary/aromatic N) is 3. The highest BCUT2D eigenvalue weighted by Gasteiger charge is 2.17. The largest absolute Gasteiger partial charge is 0.452 e. The Labute approximate surface area is 142 Å². The number of nitrogens with two attached hydrogens (primary N) is 1. The van der Waals surface area contributed by atoms with Gasteiger partial charge in [0.1, 0.15) is 10.6 Å². The molecule has 5 nitrogen and oxygen atoms in total. The summed E-state index contributed by atoms with van der Waals surface area (Å²) in [5.74, 6) is 0.341. The van der Waals surface area contributed by atoms with E-state index in [-0.39, 0.29) is 11.6 Å². The van der Waals surface area contributed by atoms with E-state index in [1.807, 2.05) is 6.07 Å². The molecular weight excluding hydrogens is 334 g/mol. The van der Waals surface area contributed by atoms with Crippen molar-refractivity contribution in [3.8, 4) is 11.6 Å². The van der Waals surface area contributed by atoms with Gasteiger partial charge in [0.25, 0.3) is 6.43 Å². The van der Waals surface area contributed by atoms with Crippen LogP contribution in [0.15, 0.2) is 22.6 Å². The van der Waals surface area contributed by atoms with Crippen LogP contribution in [-0.4, -0.2) is 28.0 Å². The summed E-state index contributed by atoms with van der Waals surface area (Å²) in [6.45, 7) is 6.96. The van der Waals surface area contributed by atoms with Crippen LogP contribution < -0.4 is 5.73 Å². The Kier molecular flexibility index (Phi) is 4.77. The van der Waals surface area contributed by atoms with Crippen molar-refractivity contribution in [2.24, 2.45) is 0 Å². The van der Waals surface area contributed by atoms with Crippen LogP contribution >= 0.6 is 11.3 Å². The molecule has 2 N–H and O–H groups in total. The molecule has 24 heavy (non-hydrogen) atoms. The number of alkyl halides is 2. The molecule has 8 heteroatoms. The Morgan fingerprint density at radius 3 is 2.62 bits per heavy atom. The normalized spacial score (nSPS) is 11.9. The average Bonchev–Trinajstić information content (AvgIpc) is 3.19.